The van der Waals surface area contributed by atoms with Gasteiger partial charge in [-0.3, -0.25) is 10.1 Å². The van der Waals surface area contributed by atoms with E-state index in [2.05, 4.69) is 25.7 Å². The molecule has 10 nitrogen and oxygen atoms in total. The van der Waals surface area contributed by atoms with Crippen LogP contribution in [0.4, 0.5) is 0 Å². The third-order valence-electron chi connectivity index (χ3n) is 3.96. The molecule has 2 aromatic rings. The highest BCUT2D eigenvalue weighted by atomic mass is 32.2. The maximum absolute atomic E-state index is 12.4. The van der Waals surface area contributed by atoms with Crippen LogP contribution < -0.4 is 5.32 Å². The highest BCUT2D eigenvalue weighted by Gasteiger charge is 2.28. The number of aliphatic imine (C=N–C) groups is 1. The van der Waals surface area contributed by atoms with Crippen LogP contribution >= 0.6 is 0 Å². The minimum atomic E-state index is -3.40. The molecule has 0 aromatic carbocycles. The number of piperazine rings is 1. The van der Waals surface area contributed by atoms with Gasteiger partial charge in [0, 0.05) is 45.5 Å². The van der Waals surface area contributed by atoms with Crippen molar-refractivity contribution in [1.82, 2.24) is 29.9 Å². The molecule has 0 saturated carbocycles. The molecule has 1 fully saturated rings. The highest BCUT2D eigenvalue weighted by Crippen LogP contribution is 2.13. The summed E-state index contributed by atoms with van der Waals surface area (Å²) in [4.78, 5) is 6.31. The van der Waals surface area contributed by atoms with Gasteiger partial charge in [0.15, 0.2) is 5.96 Å². The molecule has 136 valence electrons. The Balaban J connectivity index is 1.53. The molecular weight excluding hydrogens is 346 g/mol. The fraction of sp³-hybridized carbons (Fsp3) is 0.500. The summed E-state index contributed by atoms with van der Waals surface area (Å²) in [6, 6.07) is 3.45. The number of nitrogens with zero attached hydrogens (tertiary/aromatic N) is 5. The highest BCUT2D eigenvalue weighted by molar-refractivity contribution is 7.88. The zero-order chi connectivity index (χ0) is 17.7. The first-order valence-electron chi connectivity index (χ1n) is 7.89. The lowest BCUT2D eigenvalue weighted by Gasteiger charge is -2.35. The molecule has 0 spiro atoms. The zero-order valence-corrected chi connectivity index (χ0v) is 14.7. The SMILES string of the molecule is CN=C(NCc1ccn[nH]1)N1CCN(S(=O)(=O)Cc2ccon2)CC1. The number of guanidine groups is 1. The Bertz CT molecular complexity index is 779. The van der Waals surface area contributed by atoms with Gasteiger partial charge in [-0.1, -0.05) is 5.16 Å². The second kappa shape index (κ2) is 7.66. The summed E-state index contributed by atoms with van der Waals surface area (Å²) in [5.41, 5.74) is 1.37. The minimum absolute atomic E-state index is 0.143. The normalized spacial score (nSPS) is 17.0. The first kappa shape index (κ1) is 17.4. The summed E-state index contributed by atoms with van der Waals surface area (Å²) in [7, 11) is -1.69. The average Bonchev–Trinajstić information content (AvgIpc) is 3.29. The van der Waals surface area contributed by atoms with Crippen LogP contribution in [0.15, 0.2) is 34.1 Å². The van der Waals surface area contributed by atoms with Gasteiger partial charge in [0.25, 0.3) is 0 Å². The number of aromatic amines is 1. The maximum atomic E-state index is 12.4. The van der Waals surface area contributed by atoms with Crippen molar-refractivity contribution in [3.8, 4) is 0 Å². The molecular formula is C14H21N7O3S. The van der Waals surface area contributed by atoms with Crippen LogP contribution in [-0.2, 0) is 22.3 Å². The number of hydrogen-bond acceptors (Lipinski definition) is 6. The topological polar surface area (TPSA) is 120 Å². The van der Waals surface area contributed by atoms with Crippen molar-refractivity contribution < 1.29 is 12.9 Å². The van der Waals surface area contributed by atoms with Gasteiger partial charge in [0.05, 0.1) is 17.9 Å². The predicted molar refractivity (Wildman–Crippen MR) is 91.1 cm³/mol. The van der Waals surface area contributed by atoms with Gasteiger partial charge in [-0.25, -0.2) is 8.42 Å². The molecule has 11 heteroatoms. The molecule has 0 atom stereocenters. The van der Waals surface area contributed by atoms with E-state index >= 15 is 0 Å². The number of aromatic nitrogens is 3. The predicted octanol–water partition coefficient (Wildman–Crippen LogP) is -0.379. The maximum Gasteiger partial charge on any atom is 0.220 e. The largest absolute Gasteiger partial charge is 0.364 e. The van der Waals surface area contributed by atoms with Gasteiger partial charge in [0.2, 0.25) is 10.0 Å². The molecule has 1 saturated heterocycles. The van der Waals surface area contributed by atoms with E-state index < -0.39 is 10.0 Å². The van der Waals surface area contributed by atoms with Gasteiger partial charge >= 0.3 is 0 Å². The molecule has 0 unspecified atom stereocenters. The van der Waals surface area contributed by atoms with E-state index in [1.165, 1.54) is 10.6 Å². The van der Waals surface area contributed by atoms with Crippen molar-refractivity contribution in [2.75, 3.05) is 33.2 Å². The van der Waals surface area contributed by atoms with E-state index in [9.17, 15) is 8.42 Å². The Kier molecular flexibility index (Phi) is 5.34. The van der Waals surface area contributed by atoms with Crippen molar-refractivity contribution in [3.63, 3.8) is 0 Å². The van der Waals surface area contributed by atoms with Crippen molar-refractivity contribution in [2.24, 2.45) is 4.99 Å². The van der Waals surface area contributed by atoms with Crippen molar-refractivity contribution >= 4 is 16.0 Å². The molecule has 3 heterocycles. The lowest BCUT2D eigenvalue weighted by Crippen LogP contribution is -2.53. The Morgan fingerprint density at radius 3 is 2.76 bits per heavy atom. The van der Waals surface area contributed by atoms with E-state index in [1.807, 2.05) is 11.0 Å². The zero-order valence-electron chi connectivity index (χ0n) is 13.9. The minimum Gasteiger partial charge on any atom is -0.364 e. The second-order valence-corrected chi connectivity index (χ2v) is 7.58. The van der Waals surface area contributed by atoms with E-state index in [1.54, 1.807) is 19.3 Å². The van der Waals surface area contributed by atoms with Crippen LogP contribution in [0.3, 0.4) is 0 Å². The fourth-order valence-electron chi connectivity index (χ4n) is 2.66. The first-order chi connectivity index (χ1) is 12.1. The molecule has 3 rings (SSSR count). The summed E-state index contributed by atoms with van der Waals surface area (Å²) in [5, 5.41) is 13.7. The molecule has 2 aromatic heterocycles. The summed E-state index contributed by atoms with van der Waals surface area (Å²) >= 11 is 0. The molecule has 25 heavy (non-hydrogen) atoms. The number of sulfonamides is 1. The third kappa shape index (κ3) is 4.37. The Morgan fingerprint density at radius 1 is 1.36 bits per heavy atom. The molecule has 1 aliphatic heterocycles. The van der Waals surface area contributed by atoms with Gasteiger partial charge in [-0.15, -0.1) is 0 Å². The van der Waals surface area contributed by atoms with Gasteiger partial charge in [0.1, 0.15) is 12.0 Å². The van der Waals surface area contributed by atoms with Crippen LogP contribution in [0.5, 0.6) is 0 Å². The molecule has 0 amide bonds. The van der Waals surface area contributed by atoms with Gasteiger partial charge in [-0.05, 0) is 6.07 Å². The van der Waals surface area contributed by atoms with E-state index in [0.717, 1.165) is 11.7 Å². The number of H-pyrrole nitrogens is 1. The smallest absolute Gasteiger partial charge is 0.220 e. The second-order valence-electron chi connectivity index (χ2n) is 5.62. The van der Waals surface area contributed by atoms with E-state index in [0.29, 0.717) is 38.4 Å². The lowest BCUT2D eigenvalue weighted by atomic mass is 10.4. The Labute approximate surface area is 145 Å². The lowest BCUT2D eigenvalue weighted by molar-refractivity contribution is 0.259. The van der Waals surface area contributed by atoms with Gasteiger partial charge in [-0.2, -0.15) is 9.40 Å². The molecule has 0 bridgehead atoms. The van der Waals surface area contributed by atoms with Crippen molar-refractivity contribution in [2.45, 2.75) is 12.3 Å². The first-order valence-corrected chi connectivity index (χ1v) is 9.50. The standard InChI is InChI=1S/C14H21N7O3S/c1-15-14(16-10-12-2-4-17-18-12)20-5-7-21(8-6-20)25(22,23)11-13-3-9-24-19-13/h2-4,9H,5-8,10-11H2,1H3,(H,15,16)(H,17,18). The summed E-state index contributed by atoms with van der Waals surface area (Å²) < 4.78 is 31.1. The van der Waals surface area contributed by atoms with Gasteiger partial charge < -0.3 is 14.7 Å². The summed E-state index contributed by atoms with van der Waals surface area (Å²) in [5.74, 6) is 0.596. The number of hydrogen-bond donors (Lipinski definition) is 2. The summed E-state index contributed by atoms with van der Waals surface area (Å²) in [6.07, 6.45) is 3.07. The van der Waals surface area contributed by atoms with Crippen LogP contribution in [0.2, 0.25) is 0 Å². The quantitative estimate of drug-likeness (QED) is 0.546. The van der Waals surface area contributed by atoms with E-state index in [4.69, 9.17) is 4.52 Å². The Morgan fingerprint density at radius 2 is 2.16 bits per heavy atom. The molecule has 1 aliphatic rings. The number of nitrogens with one attached hydrogen (secondary N) is 2. The fourth-order valence-corrected chi connectivity index (χ4v) is 4.08. The molecule has 0 aliphatic carbocycles. The van der Waals surface area contributed by atoms with Crippen molar-refractivity contribution in [1.29, 1.82) is 0 Å². The van der Waals surface area contributed by atoms with Crippen LogP contribution in [0, 0.1) is 0 Å². The average molecular weight is 367 g/mol. The van der Waals surface area contributed by atoms with Crippen LogP contribution in [-0.4, -0.2) is 72.2 Å². The van der Waals surface area contributed by atoms with Crippen molar-refractivity contribution in [3.05, 3.63) is 36.0 Å². The van der Waals surface area contributed by atoms with Crippen LogP contribution in [0.25, 0.3) is 0 Å². The van der Waals surface area contributed by atoms with Crippen LogP contribution in [0.1, 0.15) is 11.4 Å². The molecule has 0 radical (unpaired) electrons. The Hall–Kier alpha value is -2.40. The van der Waals surface area contributed by atoms with E-state index in [-0.39, 0.29) is 5.75 Å². The summed E-state index contributed by atoms with van der Waals surface area (Å²) in [6.45, 7) is 2.54. The molecule has 2 N–H and O–H groups in total. The number of rotatable bonds is 5. The monoisotopic (exact) mass is 367 g/mol. The third-order valence-corrected chi connectivity index (χ3v) is 5.77.